The van der Waals surface area contributed by atoms with Crippen molar-refractivity contribution in [1.82, 2.24) is 19.8 Å². The predicted molar refractivity (Wildman–Crippen MR) is 99.9 cm³/mol. The monoisotopic (exact) mass is 356 g/mol. The van der Waals surface area contributed by atoms with Gasteiger partial charge in [0.15, 0.2) is 0 Å². The Morgan fingerprint density at radius 1 is 1.27 bits per heavy atom. The molecule has 2 atom stereocenters. The molecule has 1 aliphatic carbocycles. The van der Waals surface area contributed by atoms with Crippen LogP contribution < -0.4 is 5.56 Å². The minimum atomic E-state index is -0.00239. The van der Waals surface area contributed by atoms with Crippen molar-refractivity contribution in [2.24, 2.45) is 5.92 Å². The highest BCUT2D eigenvalue weighted by atomic mass is 16.2. The van der Waals surface area contributed by atoms with E-state index in [1.54, 1.807) is 0 Å². The Kier molecular flexibility index (Phi) is 4.94. The molecule has 0 spiro atoms. The first kappa shape index (κ1) is 17.5. The molecule has 1 aromatic rings. The Labute approximate surface area is 154 Å². The molecule has 0 aromatic carbocycles. The van der Waals surface area contributed by atoms with Crippen LogP contribution in [-0.2, 0) is 17.8 Å². The van der Waals surface area contributed by atoms with Crippen LogP contribution in [0.4, 0.5) is 0 Å². The minimum absolute atomic E-state index is 0.00239. The largest absolute Gasteiger partial charge is 0.342 e. The second-order valence-corrected chi connectivity index (χ2v) is 7.97. The van der Waals surface area contributed by atoms with Crippen LogP contribution in [0.25, 0.3) is 0 Å². The molecule has 140 valence electrons. The number of rotatable bonds is 2. The highest BCUT2D eigenvalue weighted by Gasteiger charge is 2.31. The first-order valence-corrected chi connectivity index (χ1v) is 9.86. The molecule has 6 heteroatoms. The lowest BCUT2D eigenvalue weighted by Gasteiger charge is -2.35. The lowest BCUT2D eigenvalue weighted by Crippen LogP contribution is -2.43. The van der Waals surface area contributed by atoms with E-state index in [9.17, 15) is 9.59 Å². The van der Waals surface area contributed by atoms with Crippen molar-refractivity contribution in [1.29, 1.82) is 0 Å². The fourth-order valence-electron chi connectivity index (χ4n) is 4.45. The van der Waals surface area contributed by atoms with Gasteiger partial charge < -0.3 is 14.8 Å². The summed E-state index contributed by atoms with van der Waals surface area (Å²) >= 11 is 0. The van der Waals surface area contributed by atoms with Gasteiger partial charge >= 0.3 is 0 Å². The van der Waals surface area contributed by atoms with Crippen LogP contribution >= 0.6 is 0 Å². The average molecular weight is 356 g/mol. The van der Waals surface area contributed by atoms with Crippen LogP contribution in [0.15, 0.2) is 16.9 Å². The topological polar surface area (TPSA) is 69.3 Å². The number of piperidine rings is 1. The van der Waals surface area contributed by atoms with Gasteiger partial charge in [0.25, 0.3) is 5.56 Å². The van der Waals surface area contributed by atoms with E-state index in [0.717, 1.165) is 68.7 Å². The molecule has 1 N–H and O–H groups in total. The van der Waals surface area contributed by atoms with Gasteiger partial charge in [-0.15, -0.1) is 0 Å². The predicted octanol–water partition coefficient (Wildman–Crippen LogP) is 1.82. The average Bonchev–Trinajstić information content (AvgIpc) is 2.68. The number of carbonyl (C=O) groups excluding carboxylic acids is 1. The van der Waals surface area contributed by atoms with Gasteiger partial charge in [-0.25, -0.2) is 4.98 Å². The molecule has 0 unspecified atom stereocenters. The second-order valence-electron chi connectivity index (χ2n) is 7.97. The number of amides is 1. The van der Waals surface area contributed by atoms with Gasteiger partial charge in [-0.1, -0.05) is 12.2 Å². The summed E-state index contributed by atoms with van der Waals surface area (Å²) in [7, 11) is 2.03. The van der Waals surface area contributed by atoms with Crippen LogP contribution in [0.1, 0.15) is 55.1 Å². The van der Waals surface area contributed by atoms with E-state index >= 15 is 0 Å². The molecule has 0 saturated carbocycles. The number of allylic oxidation sites excluding steroid dienone is 2. The zero-order valence-electron chi connectivity index (χ0n) is 15.5. The van der Waals surface area contributed by atoms with Gasteiger partial charge in [0.2, 0.25) is 5.91 Å². The molecule has 1 saturated heterocycles. The summed E-state index contributed by atoms with van der Waals surface area (Å²) in [6.45, 7) is 3.12. The number of carbonyl (C=O) groups is 1. The van der Waals surface area contributed by atoms with Crippen molar-refractivity contribution in [3.05, 3.63) is 39.6 Å². The first-order valence-electron chi connectivity index (χ1n) is 9.86. The van der Waals surface area contributed by atoms with Gasteiger partial charge in [-0.2, -0.15) is 0 Å². The van der Waals surface area contributed by atoms with E-state index < -0.39 is 0 Å². The number of likely N-dealkylation sites (tertiary alicyclic amines) is 1. The maximum atomic E-state index is 12.9. The van der Waals surface area contributed by atoms with Crippen LogP contribution in [0.2, 0.25) is 0 Å². The van der Waals surface area contributed by atoms with Crippen LogP contribution in [0.3, 0.4) is 0 Å². The molecule has 3 heterocycles. The third-order valence-corrected chi connectivity index (χ3v) is 6.02. The van der Waals surface area contributed by atoms with Crippen LogP contribution in [-0.4, -0.2) is 52.4 Å². The normalized spacial score (nSPS) is 26.6. The maximum Gasteiger partial charge on any atom is 0.255 e. The molecule has 2 aliphatic heterocycles. The van der Waals surface area contributed by atoms with Gasteiger partial charge in [0.05, 0.1) is 11.3 Å². The third-order valence-electron chi connectivity index (χ3n) is 6.02. The summed E-state index contributed by atoms with van der Waals surface area (Å²) in [6, 6.07) is 0. The number of nitrogens with one attached hydrogen (secondary N) is 1. The van der Waals surface area contributed by atoms with E-state index in [1.165, 1.54) is 0 Å². The molecule has 0 radical (unpaired) electrons. The lowest BCUT2D eigenvalue weighted by molar-refractivity contribution is -0.137. The van der Waals surface area contributed by atoms with Crippen molar-refractivity contribution in [3.63, 3.8) is 0 Å². The first-order chi connectivity index (χ1) is 12.6. The quantitative estimate of drug-likeness (QED) is 0.821. The molecule has 26 heavy (non-hydrogen) atoms. The summed E-state index contributed by atoms with van der Waals surface area (Å²) in [5, 5.41) is 0. The molecule has 6 nitrogen and oxygen atoms in total. The zero-order chi connectivity index (χ0) is 18.1. The molecule has 1 amide bonds. The summed E-state index contributed by atoms with van der Waals surface area (Å²) in [4.78, 5) is 37.4. The van der Waals surface area contributed by atoms with Gasteiger partial charge in [0.1, 0.15) is 5.82 Å². The Hall–Kier alpha value is -1.95. The summed E-state index contributed by atoms with van der Waals surface area (Å²) in [5.41, 5.74) is 1.75. The summed E-state index contributed by atoms with van der Waals surface area (Å²) in [5.74, 6) is 1.33. The highest BCUT2D eigenvalue weighted by Crippen LogP contribution is 2.28. The third kappa shape index (κ3) is 3.47. The Bertz CT molecular complexity index is 770. The number of hydrogen-bond donors (Lipinski definition) is 1. The van der Waals surface area contributed by atoms with E-state index in [0.29, 0.717) is 13.1 Å². The number of fused-ring (bicyclic) bond motifs is 1. The molecule has 0 bridgehead atoms. The van der Waals surface area contributed by atoms with Crippen LogP contribution in [0, 0.1) is 5.92 Å². The van der Waals surface area contributed by atoms with E-state index in [1.807, 2.05) is 11.9 Å². The van der Waals surface area contributed by atoms with E-state index in [-0.39, 0.29) is 23.3 Å². The van der Waals surface area contributed by atoms with E-state index in [2.05, 4.69) is 22.0 Å². The SMILES string of the molecule is CN1CCc2nc([C@H]3CCCN(C(=O)[C@H]4CC=CCC4)C3)[nH]c(=O)c2C1. The number of likely N-dealkylation sites (N-methyl/N-ethyl adjacent to an activating group) is 1. The van der Waals surface area contributed by atoms with Crippen molar-refractivity contribution in [2.75, 3.05) is 26.7 Å². The molecule has 1 aromatic heterocycles. The molecule has 1 fully saturated rings. The van der Waals surface area contributed by atoms with Crippen molar-refractivity contribution in [3.8, 4) is 0 Å². The van der Waals surface area contributed by atoms with Crippen molar-refractivity contribution < 1.29 is 4.79 Å². The van der Waals surface area contributed by atoms with Crippen LogP contribution in [0.5, 0.6) is 0 Å². The fourth-order valence-corrected chi connectivity index (χ4v) is 4.45. The Morgan fingerprint density at radius 2 is 2.15 bits per heavy atom. The number of aromatic nitrogens is 2. The maximum absolute atomic E-state index is 12.9. The highest BCUT2D eigenvalue weighted by molar-refractivity contribution is 5.79. The van der Waals surface area contributed by atoms with Gasteiger partial charge in [-0.05, 0) is 39.2 Å². The lowest BCUT2D eigenvalue weighted by atomic mass is 9.90. The molecule has 4 rings (SSSR count). The van der Waals surface area contributed by atoms with Crippen molar-refractivity contribution >= 4 is 5.91 Å². The number of nitrogens with zero attached hydrogens (tertiary/aromatic N) is 3. The van der Waals surface area contributed by atoms with Gasteiger partial charge in [-0.3, -0.25) is 9.59 Å². The summed E-state index contributed by atoms with van der Waals surface area (Å²) < 4.78 is 0. The summed E-state index contributed by atoms with van der Waals surface area (Å²) in [6.07, 6.45) is 9.90. The second kappa shape index (κ2) is 7.35. The number of hydrogen-bond acceptors (Lipinski definition) is 4. The molecular formula is C20H28N4O2. The standard InChI is InChI=1S/C20H28N4O2/c1-23-11-9-17-16(13-23)19(25)22-18(21-17)15-8-5-10-24(12-15)20(26)14-6-3-2-4-7-14/h2-3,14-15H,4-13H2,1H3,(H,21,22,25)/t14-,15-/m0/s1. The Balaban J connectivity index is 1.51. The molecule has 3 aliphatic rings. The smallest absolute Gasteiger partial charge is 0.255 e. The van der Waals surface area contributed by atoms with E-state index in [4.69, 9.17) is 4.98 Å². The fraction of sp³-hybridized carbons (Fsp3) is 0.650. The number of aromatic amines is 1. The van der Waals surface area contributed by atoms with Crippen molar-refractivity contribution in [2.45, 2.75) is 51.0 Å². The van der Waals surface area contributed by atoms with Gasteiger partial charge in [0, 0.05) is 44.4 Å². The minimum Gasteiger partial charge on any atom is -0.342 e. The number of H-pyrrole nitrogens is 1. The Morgan fingerprint density at radius 3 is 2.96 bits per heavy atom. The zero-order valence-corrected chi connectivity index (χ0v) is 15.5. The molecular weight excluding hydrogens is 328 g/mol.